The van der Waals surface area contributed by atoms with Crippen molar-refractivity contribution in [2.75, 3.05) is 45.8 Å². The van der Waals surface area contributed by atoms with Crippen LogP contribution in [0.5, 0.6) is 0 Å². The second-order valence-electron chi connectivity index (χ2n) is 7.52. The molecule has 158 valence electrons. The predicted octanol–water partition coefficient (Wildman–Crippen LogP) is 0.380. The molecule has 2 N–H and O–H groups in total. The van der Waals surface area contributed by atoms with Gasteiger partial charge in [-0.1, -0.05) is 6.07 Å². The van der Waals surface area contributed by atoms with Crippen molar-refractivity contribution in [2.45, 2.75) is 33.2 Å². The number of hydrogen-bond donors (Lipinski definition) is 2. The first-order chi connectivity index (χ1) is 14.1. The number of carbonyl (C=O) groups is 1. The summed E-state index contributed by atoms with van der Waals surface area (Å²) in [5.41, 5.74) is 0.857. The van der Waals surface area contributed by atoms with E-state index >= 15 is 0 Å². The normalized spacial score (nSPS) is 15.9. The van der Waals surface area contributed by atoms with Crippen molar-refractivity contribution >= 4 is 17.5 Å². The van der Waals surface area contributed by atoms with Crippen LogP contribution in [0.1, 0.15) is 26.6 Å². The molecule has 3 heterocycles. The lowest BCUT2D eigenvalue weighted by Gasteiger charge is -2.36. The Morgan fingerprint density at radius 1 is 1.21 bits per heavy atom. The van der Waals surface area contributed by atoms with Crippen molar-refractivity contribution in [3.63, 3.8) is 0 Å². The summed E-state index contributed by atoms with van der Waals surface area (Å²) in [6.07, 6.45) is 2.71. The van der Waals surface area contributed by atoms with Crippen LogP contribution >= 0.6 is 0 Å². The molecular weight excluding hydrogens is 368 g/mol. The number of carbonyl (C=O) groups excluding carboxylic acids is 1. The number of fused-ring (bicyclic) bond motifs is 1. The van der Waals surface area contributed by atoms with Crippen LogP contribution < -0.4 is 10.6 Å². The number of piperazine rings is 1. The van der Waals surface area contributed by atoms with Gasteiger partial charge in [-0.15, -0.1) is 10.2 Å². The van der Waals surface area contributed by atoms with Crippen LogP contribution in [0.4, 0.5) is 0 Å². The van der Waals surface area contributed by atoms with E-state index in [2.05, 4.69) is 37.6 Å². The second-order valence-corrected chi connectivity index (χ2v) is 7.52. The van der Waals surface area contributed by atoms with E-state index in [4.69, 9.17) is 4.99 Å². The Morgan fingerprint density at radius 3 is 2.72 bits per heavy atom. The van der Waals surface area contributed by atoms with E-state index in [0.29, 0.717) is 13.1 Å². The molecule has 0 aliphatic carbocycles. The highest BCUT2D eigenvalue weighted by atomic mass is 16.2. The Bertz CT molecular complexity index is 823. The summed E-state index contributed by atoms with van der Waals surface area (Å²) in [5.74, 6) is 1.93. The smallest absolute Gasteiger partial charge is 0.234 e. The van der Waals surface area contributed by atoms with Gasteiger partial charge in [0.15, 0.2) is 11.6 Å². The third kappa shape index (κ3) is 5.90. The van der Waals surface area contributed by atoms with Crippen molar-refractivity contribution in [3.05, 3.63) is 30.2 Å². The van der Waals surface area contributed by atoms with Crippen LogP contribution in [-0.4, -0.2) is 88.1 Å². The zero-order valence-corrected chi connectivity index (χ0v) is 17.6. The molecule has 0 bridgehead atoms. The SMILES string of the molecule is CCNC(=NCCc1nnc2ccccn12)N1CCN(CC(=O)NC(C)C)CC1. The van der Waals surface area contributed by atoms with Gasteiger partial charge in [-0.05, 0) is 32.9 Å². The summed E-state index contributed by atoms with van der Waals surface area (Å²) in [6.45, 7) is 11.4. The number of nitrogens with one attached hydrogen (secondary N) is 2. The molecule has 1 aliphatic rings. The second kappa shape index (κ2) is 10.2. The van der Waals surface area contributed by atoms with Crippen LogP contribution in [0.2, 0.25) is 0 Å². The summed E-state index contributed by atoms with van der Waals surface area (Å²) < 4.78 is 2.00. The molecule has 0 saturated carbocycles. The van der Waals surface area contributed by atoms with Gasteiger partial charge in [0.1, 0.15) is 5.82 Å². The molecule has 1 amide bonds. The van der Waals surface area contributed by atoms with Gasteiger partial charge in [-0.2, -0.15) is 0 Å². The fraction of sp³-hybridized carbons (Fsp3) is 0.600. The Balaban J connectivity index is 1.52. The molecule has 0 atom stereocenters. The lowest BCUT2D eigenvalue weighted by atomic mass is 10.3. The Kier molecular flexibility index (Phi) is 7.40. The van der Waals surface area contributed by atoms with Gasteiger partial charge >= 0.3 is 0 Å². The zero-order valence-electron chi connectivity index (χ0n) is 17.6. The van der Waals surface area contributed by atoms with E-state index in [-0.39, 0.29) is 11.9 Å². The molecule has 2 aromatic heterocycles. The summed E-state index contributed by atoms with van der Waals surface area (Å²) in [7, 11) is 0. The van der Waals surface area contributed by atoms with Crippen molar-refractivity contribution in [3.8, 4) is 0 Å². The molecule has 0 aromatic carbocycles. The van der Waals surface area contributed by atoms with Gasteiger partial charge in [0.25, 0.3) is 0 Å². The third-order valence-electron chi connectivity index (χ3n) is 4.80. The van der Waals surface area contributed by atoms with E-state index in [1.807, 2.05) is 42.6 Å². The van der Waals surface area contributed by atoms with Crippen LogP contribution in [0.25, 0.3) is 5.65 Å². The number of hydrogen-bond acceptors (Lipinski definition) is 5. The maximum absolute atomic E-state index is 12.0. The van der Waals surface area contributed by atoms with Gasteiger partial charge in [0.2, 0.25) is 5.91 Å². The fourth-order valence-electron chi connectivity index (χ4n) is 3.44. The molecule has 9 heteroatoms. The molecule has 0 unspecified atom stereocenters. The van der Waals surface area contributed by atoms with Crippen molar-refractivity contribution < 1.29 is 4.79 Å². The molecule has 1 aliphatic heterocycles. The van der Waals surface area contributed by atoms with E-state index in [1.54, 1.807) is 0 Å². The minimum absolute atomic E-state index is 0.0922. The lowest BCUT2D eigenvalue weighted by Crippen LogP contribution is -2.54. The zero-order chi connectivity index (χ0) is 20.6. The number of guanidine groups is 1. The predicted molar refractivity (Wildman–Crippen MR) is 114 cm³/mol. The first-order valence-electron chi connectivity index (χ1n) is 10.4. The number of nitrogens with zero attached hydrogens (tertiary/aromatic N) is 6. The number of amides is 1. The fourth-order valence-corrected chi connectivity index (χ4v) is 3.44. The molecular formula is C20H32N8O. The first kappa shape index (κ1) is 21.0. The number of aromatic nitrogens is 3. The Hall–Kier alpha value is -2.68. The Labute approximate surface area is 172 Å². The third-order valence-corrected chi connectivity index (χ3v) is 4.80. The monoisotopic (exact) mass is 400 g/mol. The van der Waals surface area contributed by atoms with E-state index in [9.17, 15) is 4.79 Å². The Morgan fingerprint density at radius 2 is 2.00 bits per heavy atom. The quantitative estimate of drug-likeness (QED) is 0.516. The topological polar surface area (TPSA) is 90.2 Å². The molecule has 29 heavy (non-hydrogen) atoms. The lowest BCUT2D eigenvalue weighted by molar-refractivity contribution is -0.123. The van der Waals surface area contributed by atoms with Crippen LogP contribution in [0.15, 0.2) is 29.4 Å². The molecule has 0 spiro atoms. The number of aliphatic imine (C=N–C) groups is 1. The van der Waals surface area contributed by atoms with Gasteiger partial charge < -0.3 is 15.5 Å². The minimum atomic E-state index is 0.0922. The number of rotatable bonds is 7. The van der Waals surface area contributed by atoms with Crippen molar-refractivity contribution in [2.24, 2.45) is 4.99 Å². The average Bonchev–Trinajstić information content (AvgIpc) is 3.10. The number of pyridine rings is 1. The maximum atomic E-state index is 12.0. The van der Waals surface area contributed by atoms with Crippen LogP contribution in [0, 0.1) is 0 Å². The van der Waals surface area contributed by atoms with Crippen molar-refractivity contribution in [1.29, 1.82) is 0 Å². The van der Waals surface area contributed by atoms with Crippen LogP contribution in [-0.2, 0) is 11.2 Å². The molecule has 3 rings (SSSR count). The molecule has 1 saturated heterocycles. The van der Waals surface area contributed by atoms with Crippen molar-refractivity contribution in [1.82, 2.24) is 35.0 Å². The molecule has 2 aromatic rings. The largest absolute Gasteiger partial charge is 0.357 e. The maximum Gasteiger partial charge on any atom is 0.234 e. The minimum Gasteiger partial charge on any atom is -0.357 e. The van der Waals surface area contributed by atoms with Gasteiger partial charge in [-0.25, -0.2) is 0 Å². The summed E-state index contributed by atoms with van der Waals surface area (Å²) >= 11 is 0. The van der Waals surface area contributed by atoms with Gasteiger partial charge in [-0.3, -0.25) is 19.1 Å². The summed E-state index contributed by atoms with van der Waals surface area (Å²) in [6, 6.07) is 6.07. The standard InChI is InChI=1S/C20H32N8O/c1-4-21-20(22-9-8-18-25-24-17-7-5-6-10-28(17)18)27-13-11-26(12-14-27)15-19(29)23-16(2)3/h5-7,10,16H,4,8-9,11-15H2,1-3H3,(H,21,22)(H,23,29). The van der Waals surface area contributed by atoms with E-state index < -0.39 is 0 Å². The summed E-state index contributed by atoms with van der Waals surface area (Å²) in [5, 5.41) is 14.8. The molecule has 9 nitrogen and oxygen atoms in total. The van der Waals surface area contributed by atoms with E-state index in [0.717, 1.165) is 56.6 Å². The average molecular weight is 401 g/mol. The van der Waals surface area contributed by atoms with Gasteiger partial charge in [0, 0.05) is 57.9 Å². The highest BCUT2D eigenvalue weighted by Crippen LogP contribution is 2.05. The van der Waals surface area contributed by atoms with Crippen LogP contribution in [0.3, 0.4) is 0 Å². The summed E-state index contributed by atoms with van der Waals surface area (Å²) in [4.78, 5) is 21.2. The molecule has 1 fully saturated rings. The van der Waals surface area contributed by atoms with Gasteiger partial charge in [0.05, 0.1) is 6.54 Å². The highest BCUT2D eigenvalue weighted by Gasteiger charge is 2.21. The highest BCUT2D eigenvalue weighted by molar-refractivity contribution is 5.80. The van der Waals surface area contributed by atoms with E-state index in [1.165, 1.54) is 0 Å². The first-order valence-corrected chi connectivity index (χ1v) is 10.4. The molecule has 0 radical (unpaired) electrons.